The van der Waals surface area contributed by atoms with Gasteiger partial charge in [0.1, 0.15) is 0 Å². The van der Waals surface area contributed by atoms with Crippen LogP contribution in [0.25, 0.3) is 0 Å². The van der Waals surface area contributed by atoms with Gasteiger partial charge < -0.3 is 0 Å². The Morgan fingerprint density at radius 1 is 1.33 bits per heavy atom. The highest BCUT2D eigenvalue weighted by Crippen LogP contribution is 1.98. The lowest BCUT2D eigenvalue weighted by Gasteiger charge is -1.88. The zero-order valence-corrected chi connectivity index (χ0v) is 4.41. The van der Waals surface area contributed by atoms with Crippen LogP contribution in [0.5, 0.6) is 0 Å². The maximum Gasteiger partial charge on any atom is -0.0108 e. The summed E-state index contributed by atoms with van der Waals surface area (Å²) in [5, 5.41) is 0. The largest absolute Gasteiger partial charge is 0.0623 e. The predicted octanol–water partition coefficient (Wildman–Crippen LogP) is 2.04. The summed E-state index contributed by atoms with van der Waals surface area (Å²) >= 11 is 0. The van der Waals surface area contributed by atoms with Crippen molar-refractivity contribution in [2.45, 2.75) is 26.7 Å². The molecule has 0 aliphatic heterocycles. The molecule has 2 radical (unpaired) electrons. The second-order valence-corrected chi connectivity index (χ2v) is 1.31. The van der Waals surface area contributed by atoms with Gasteiger partial charge in [0.25, 0.3) is 0 Å². The van der Waals surface area contributed by atoms with Gasteiger partial charge in [-0.3, -0.25) is 0 Å². The highest BCUT2D eigenvalue weighted by atomic mass is 13.8. The van der Waals surface area contributed by atoms with Crippen LogP contribution in [0.3, 0.4) is 0 Å². The van der Waals surface area contributed by atoms with E-state index in [1.807, 2.05) is 13.8 Å². The van der Waals surface area contributed by atoms with Crippen molar-refractivity contribution in [2.24, 2.45) is 0 Å². The summed E-state index contributed by atoms with van der Waals surface area (Å²) in [4.78, 5) is 0. The second kappa shape index (κ2) is 2.95. The Bertz CT molecular complexity index is 38.0. The third-order valence-corrected chi connectivity index (χ3v) is 0.854. The Balaban J connectivity index is 2.99. The van der Waals surface area contributed by atoms with E-state index < -0.39 is 0 Å². The lowest BCUT2D eigenvalue weighted by molar-refractivity contribution is 0.982. The quantitative estimate of drug-likeness (QED) is 0.478. The number of allylic oxidation sites excluding steroid dienone is 1. The molecule has 0 heteroatoms. The molecule has 0 aliphatic rings. The fraction of sp³-hybridized carbons (Fsp3) is 0.667. The second-order valence-electron chi connectivity index (χ2n) is 1.31. The molecular weight excluding hydrogens is 72.1 g/mol. The predicted molar refractivity (Wildman–Crippen MR) is 27.3 cm³/mol. The van der Waals surface area contributed by atoms with Gasteiger partial charge in [-0.2, -0.15) is 0 Å². The minimum Gasteiger partial charge on any atom is -0.0623 e. The summed E-state index contributed by atoms with van der Waals surface area (Å²) in [6.07, 6.45) is 1.83. The lowest BCUT2D eigenvalue weighted by Crippen LogP contribution is -1.69. The smallest absolute Gasteiger partial charge is 0.0108 e. The van der Waals surface area contributed by atoms with Crippen molar-refractivity contribution in [2.75, 3.05) is 0 Å². The molecule has 0 saturated heterocycles. The minimum absolute atomic E-state index is 0.843. The Labute approximate surface area is 39.9 Å². The summed E-state index contributed by atoms with van der Waals surface area (Å²) in [5.74, 6) is 0. The highest BCUT2D eigenvalue weighted by Gasteiger charge is 1.79. The van der Waals surface area contributed by atoms with Gasteiger partial charge in [0.15, 0.2) is 0 Å². The van der Waals surface area contributed by atoms with Gasteiger partial charge in [-0.05, 0) is 19.4 Å². The molecule has 0 fully saturated rings. The van der Waals surface area contributed by atoms with Crippen molar-refractivity contribution in [3.63, 3.8) is 0 Å². The first-order valence-corrected chi connectivity index (χ1v) is 2.37. The van der Waals surface area contributed by atoms with Crippen LogP contribution in [-0.2, 0) is 0 Å². The molecule has 0 spiro atoms. The molecule has 0 aromatic carbocycles. The first-order valence-electron chi connectivity index (χ1n) is 2.37. The van der Waals surface area contributed by atoms with Gasteiger partial charge in [0.2, 0.25) is 0 Å². The first kappa shape index (κ1) is 5.74. The topological polar surface area (TPSA) is 0 Å². The van der Waals surface area contributed by atoms with E-state index >= 15 is 0 Å². The summed E-state index contributed by atoms with van der Waals surface area (Å²) < 4.78 is 0. The van der Waals surface area contributed by atoms with E-state index in [4.69, 9.17) is 6.58 Å². The molecule has 6 heavy (non-hydrogen) atoms. The Kier molecular flexibility index (Phi) is 2.82. The van der Waals surface area contributed by atoms with Crippen molar-refractivity contribution in [3.05, 3.63) is 12.2 Å². The van der Waals surface area contributed by atoms with E-state index in [0.29, 0.717) is 0 Å². The molecular formula is C6H10. The van der Waals surface area contributed by atoms with Crippen LogP contribution < -0.4 is 0 Å². The van der Waals surface area contributed by atoms with E-state index in [-0.39, 0.29) is 0 Å². The maximum atomic E-state index is 6.99. The third-order valence-electron chi connectivity index (χ3n) is 0.854. The molecule has 0 bridgehead atoms. The van der Waals surface area contributed by atoms with Gasteiger partial charge in [0.05, 0.1) is 0 Å². The van der Waals surface area contributed by atoms with Crippen LogP contribution in [0.1, 0.15) is 26.7 Å². The SMILES string of the molecule is [C]=C(CC)CC. The minimum atomic E-state index is 0.843. The monoisotopic (exact) mass is 82.1 g/mol. The Morgan fingerprint density at radius 2 is 1.67 bits per heavy atom. The van der Waals surface area contributed by atoms with Crippen molar-refractivity contribution in [3.8, 4) is 0 Å². The molecule has 0 atom stereocenters. The van der Waals surface area contributed by atoms with Crippen LogP contribution in [0, 0.1) is 6.58 Å². The van der Waals surface area contributed by atoms with Crippen LogP contribution in [0.15, 0.2) is 5.57 Å². The fourth-order valence-corrected chi connectivity index (χ4v) is 0.250. The molecule has 0 saturated carbocycles. The van der Waals surface area contributed by atoms with Crippen molar-refractivity contribution >= 4 is 0 Å². The van der Waals surface area contributed by atoms with Crippen LogP contribution in [-0.4, -0.2) is 0 Å². The van der Waals surface area contributed by atoms with Crippen LogP contribution in [0.4, 0.5) is 0 Å². The van der Waals surface area contributed by atoms with E-state index in [2.05, 4.69) is 0 Å². The van der Waals surface area contributed by atoms with Gasteiger partial charge in [-0.25, -0.2) is 0 Å². The van der Waals surface area contributed by atoms with E-state index in [1.54, 1.807) is 0 Å². The van der Waals surface area contributed by atoms with Crippen molar-refractivity contribution in [1.82, 2.24) is 0 Å². The number of hydrogen-bond donors (Lipinski definition) is 0. The van der Waals surface area contributed by atoms with Crippen LogP contribution >= 0.6 is 0 Å². The maximum absolute atomic E-state index is 6.99. The molecule has 0 aromatic heterocycles. The summed E-state index contributed by atoms with van der Waals surface area (Å²) in [7, 11) is 0. The van der Waals surface area contributed by atoms with Gasteiger partial charge in [-0.1, -0.05) is 19.4 Å². The standard InChI is InChI=1S/C6H10/c1-4-6(3)5-2/h4-5H2,1-2H3. The summed E-state index contributed by atoms with van der Waals surface area (Å²) in [6.45, 7) is 11.0. The van der Waals surface area contributed by atoms with Crippen LogP contribution in [0.2, 0.25) is 0 Å². The Hall–Kier alpha value is -0.260. The molecule has 0 aromatic rings. The lowest BCUT2D eigenvalue weighted by atomic mass is 10.2. The van der Waals surface area contributed by atoms with Crippen molar-refractivity contribution < 1.29 is 0 Å². The van der Waals surface area contributed by atoms with Gasteiger partial charge in [-0.15, -0.1) is 0 Å². The highest BCUT2D eigenvalue weighted by molar-refractivity contribution is 4.86. The Morgan fingerprint density at radius 3 is 1.67 bits per heavy atom. The molecule has 0 aliphatic carbocycles. The zero-order valence-electron chi connectivity index (χ0n) is 4.41. The molecule has 0 unspecified atom stereocenters. The van der Waals surface area contributed by atoms with Gasteiger partial charge >= 0.3 is 0 Å². The fourth-order valence-electron chi connectivity index (χ4n) is 0.250. The number of rotatable bonds is 2. The number of hydrogen-bond acceptors (Lipinski definition) is 0. The normalized spacial score (nSPS) is 8.33. The van der Waals surface area contributed by atoms with E-state index in [0.717, 1.165) is 18.4 Å². The average Bonchev–Trinajstić information content (AvgIpc) is 1.65. The van der Waals surface area contributed by atoms with Crippen molar-refractivity contribution in [1.29, 1.82) is 0 Å². The zero-order chi connectivity index (χ0) is 4.99. The van der Waals surface area contributed by atoms with E-state index in [9.17, 15) is 0 Å². The first-order chi connectivity index (χ1) is 2.81. The van der Waals surface area contributed by atoms with Gasteiger partial charge in [0, 0.05) is 0 Å². The molecule has 0 rings (SSSR count). The molecule has 0 amide bonds. The molecule has 0 nitrogen and oxygen atoms in total. The molecule has 34 valence electrons. The van der Waals surface area contributed by atoms with E-state index in [1.165, 1.54) is 0 Å². The molecule has 0 N–H and O–H groups in total. The average molecular weight is 82.1 g/mol. The third kappa shape index (κ3) is 2.01. The summed E-state index contributed by atoms with van der Waals surface area (Å²) in [5.41, 5.74) is 0.843. The summed E-state index contributed by atoms with van der Waals surface area (Å²) in [6, 6.07) is 0. The molecule has 0 heterocycles.